The van der Waals surface area contributed by atoms with E-state index in [-0.39, 0.29) is 5.78 Å². The molecule has 1 atom stereocenters. The van der Waals surface area contributed by atoms with Gasteiger partial charge in [-0.05, 0) is 43.0 Å². The van der Waals surface area contributed by atoms with Crippen LogP contribution in [0.4, 0.5) is 5.69 Å². The summed E-state index contributed by atoms with van der Waals surface area (Å²) in [4.78, 5) is 20.3. The number of anilines is 1. The fourth-order valence-corrected chi connectivity index (χ4v) is 4.88. The molecule has 2 aromatic carbocycles. The number of nitrogens with one attached hydrogen (secondary N) is 1. The molecule has 3 aromatic rings. The number of piperazine rings is 1. The van der Waals surface area contributed by atoms with Crippen molar-refractivity contribution in [3.8, 4) is 0 Å². The first kappa shape index (κ1) is 22.8. The Morgan fingerprint density at radius 1 is 1.12 bits per heavy atom. The molecule has 0 spiro atoms. The van der Waals surface area contributed by atoms with Gasteiger partial charge in [0.1, 0.15) is 0 Å². The number of aliphatic hydroxyl groups is 1. The summed E-state index contributed by atoms with van der Waals surface area (Å²) in [5, 5.41) is 12.4. The van der Waals surface area contributed by atoms with Gasteiger partial charge in [-0.25, -0.2) is 0 Å². The molecular weight excluding hydrogens is 422 g/mol. The molecule has 1 saturated heterocycles. The molecule has 5 nitrogen and oxygen atoms in total. The number of hydrogen-bond acceptors (Lipinski definition) is 4. The van der Waals surface area contributed by atoms with Crippen molar-refractivity contribution in [1.29, 1.82) is 0 Å². The highest BCUT2D eigenvalue weighted by Gasteiger charge is 2.21. The first-order valence-corrected chi connectivity index (χ1v) is 12.0. The van der Waals surface area contributed by atoms with Crippen molar-refractivity contribution < 1.29 is 9.90 Å². The van der Waals surface area contributed by atoms with Crippen LogP contribution in [0.15, 0.2) is 48.5 Å². The molecule has 170 valence electrons. The van der Waals surface area contributed by atoms with Crippen LogP contribution in [-0.2, 0) is 6.42 Å². The number of H-pyrrole nitrogens is 1. The number of aliphatic hydroxyl groups excluding tert-OH is 1. The summed E-state index contributed by atoms with van der Waals surface area (Å²) >= 11 is 6.59. The summed E-state index contributed by atoms with van der Waals surface area (Å²) in [5.74, 6) is 0.105. The lowest BCUT2D eigenvalue weighted by Crippen LogP contribution is -2.48. The second-order valence-electron chi connectivity index (χ2n) is 8.63. The molecule has 0 unspecified atom stereocenters. The minimum absolute atomic E-state index is 0.105. The predicted molar refractivity (Wildman–Crippen MR) is 132 cm³/mol. The lowest BCUT2D eigenvalue weighted by molar-refractivity contribution is 0.0913. The molecule has 0 radical (unpaired) electrons. The van der Waals surface area contributed by atoms with Crippen LogP contribution in [0, 0.1) is 0 Å². The molecule has 2 heterocycles. The molecule has 0 amide bonds. The average Bonchev–Trinajstić information content (AvgIpc) is 3.24. The molecule has 1 aliphatic heterocycles. The van der Waals surface area contributed by atoms with Crippen LogP contribution in [-0.4, -0.2) is 59.6 Å². The Morgan fingerprint density at radius 3 is 2.66 bits per heavy atom. The van der Waals surface area contributed by atoms with Crippen LogP contribution >= 0.6 is 11.6 Å². The SMILES string of the molecule is CCc1cccc(N2CCN(C[C@H](O)CCCC(=O)c3cc4ccccc4[nH]3)CC2)c1Cl. The van der Waals surface area contributed by atoms with Gasteiger partial charge in [-0.3, -0.25) is 9.69 Å². The molecule has 0 aliphatic carbocycles. The number of Topliss-reactive ketones (excluding diaryl/α,β-unsaturated/α-hetero) is 1. The number of para-hydroxylation sites is 1. The van der Waals surface area contributed by atoms with E-state index in [0.29, 0.717) is 31.5 Å². The van der Waals surface area contributed by atoms with Crippen LogP contribution < -0.4 is 4.90 Å². The number of ketones is 1. The number of hydrogen-bond donors (Lipinski definition) is 2. The standard InChI is InChI=1S/C26H32ClN3O2/c1-2-19-8-5-11-24(26(19)27)30-15-13-29(14-16-30)18-21(31)9-6-12-25(32)23-17-20-7-3-4-10-22(20)28-23/h3-5,7-8,10-11,17,21,28,31H,2,6,9,12-16,18H2,1H3/t21-/m1/s1. The van der Waals surface area contributed by atoms with Crippen molar-refractivity contribution >= 4 is 34.0 Å². The van der Waals surface area contributed by atoms with E-state index in [1.54, 1.807) is 0 Å². The number of rotatable bonds is 9. The minimum atomic E-state index is -0.413. The van der Waals surface area contributed by atoms with Crippen molar-refractivity contribution in [3.63, 3.8) is 0 Å². The third-order valence-electron chi connectivity index (χ3n) is 6.39. The third kappa shape index (κ3) is 5.34. The Balaban J connectivity index is 1.20. The van der Waals surface area contributed by atoms with Crippen LogP contribution in [0.2, 0.25) is 5.02 Å². The van der Waals surface area contributed by atoms with E-state index < -0.39 is 6.10 Å². The van der Waals surface area contributed by atoms with Gasteiger partial charge in [-0.1, -0.05) is 48.9 Å². The van der Waals surface area contributed by atoms with Gasteiger partial charge in [0.05, 0.1) is 22.5 Å². The maximum Gasteiger partial charge on any atom is 0.179 e. The molecule has 1 fully saturated rings. The van der Waals surface area contributed by atoms with Crippen LogP contribution in [0.5, 0.6) is 0 Å². The molecular formula is C26H32ClN3O2. The average molecular weight is 454 g/mol. The molecule has 32 heavy (non-hydrogen) atoms. The van der Waals surface area contributed by atoms with Crippen molar-refractivity contribution in [1.82, 2.24) is 9.88 Å². The van der Waals surface area contributed by atoms with E-state index in [4.69, 9.17) is 11.6 Å². The molecule has 0 bridgehead atoms. The number of benzene rings is 2. The van der Waals surface area contributed by atoms with Gasteiger partial charge in [0.25, 0.3) is 0 Å². The number of nitrogens with zero attached hydrogens (tertiary/aromatic N) is 2. The van der Waals surface area contributed by atoms with Crippen molar-refractivity contribution in [2.45, 2.75) is 38.7 Å². The zero-order valence-electron chi connectivity index (χ0n) is 18.7. The highest BCUT2D eigenvalue weighted by molar-refractivity contribution is 6.34. The summed E-state index contributed by atoms with van der Waals surface area (Å²) in [5.41, 5.74) is 3.94. The minimum Gasteiger partial charge on any atom is -0.392 e. The topological polar surface area (TPSA) is 59.6 Å². The van der Waals surface area contributed by atoms with Crippen LogP contribution in [0.3, 0.4) is 0 Å². The number of carbonyl (C=O) groups excluding carboxylic acids is 1. The van der Waals surface area contributed by atoms with Gasteiger partial charge in [-0.15, -0.1) is 0 Å². The summed E-state index contributed by atoms with van der Waals surface area (Å²) in [7, 11) is 0. The summed E-state index contributed by atoms with van der Waals surface area (Å²) < 4.78 is 0. The molecule has 0 saturated carbocycles. The second-order valence-corrected chi connectivity index (χ2v) is 9.01. The lowest BCUT2D eigenvalue weighted by Gasteiger charge is -2.37. The van der Waals surface area contributed by atoms with Gasteiger partial charge >= 0.3 is 0 Å². The Morgan fingerprint density at radius 2 is 1.91 bits per heavy atom. The Labute approximate surface area is 195 Å². The Kier molecular flexibility index (Phi) is 7.51. The number of halogens is 1. The lowest BCUT2D eigenvalue weighted by atomic mass is 10.1. The predicted octanol–water partition coefficient (Wildman–Crippen LogP) is 4.92. The monoisotopic (exact) mass is 453 g/mol. The molecule has 6 heteroatoms. The first-order chi connectivity index (χ1) is 15.5. The van der Waals surface area contributed by atoms with E-state index >= 15 is 0 Å². The third-order valence-corrected chi connectivity index (χ3v) is 6.83. The fourth-order valence-electron chi connectivity index (χ4n) is 4.50. The zero-order chi connectivity index (χ0) is 22.5. The molecule has 2 N–H and O–H groups in total. The Bertz CT molecular complexity index is 1020. The largest absolute Gasteiger partial charge is 0.392 e. The van der Waals surface area contributed by atoms with Crippen molar-refractivity contribution in [3.05, 3.63) is 64.8 Å². The van der Waals surface area contributed by atoms with Gasteiger partial charge in [0, 0.05) is 50.0 Å². The number of aryl methyl sites for hydroxylation is 1. The summed E-state index contributed by atoms with van der Waals surface area (Å²) in [6, 6.07) is 16.1. The first-order valence-electron chi connectivity index (χ1n) is 11.6. The number of β-amino-alcohol motifs (C(OH)–C–C–N with tert-alkyl or cyclic N) is 1. The summed E-state index contributed by atoms with van der Waals surface area (Å²) in [6.45, 7) is 6.38. The van der Waals surface area contributed by atoms with Gasteiger partial charge in [0.2, 0.25) is 0 Å². The molecule has 1 aliphatic rings. The molecule has 1 aromatic heterocycles. The van der Waals surface area contributed by atoms with Crippen molar-refractivity contribution in [2.24, 2.45) is 0 Å². The molecule has 4 rings (SSSR count). The summed E-state index contributed by atoms with van der Waals surface area (Å²) in [6.07, 6.45) is 2.29. The highest BCUT2D eigenvalue weighted by Crippen LogP contribution is 2.30. The number of aromatic amines is 1. The van der Waals surface area contributed by atoms with Gasteiger partial charge in [0.15, 0.2) is 5.78 Å². The van der Waals surface area contributed by atoms with E-state index in [0.717, 1.165) is 54.2 Å². The van der Waals surface area contributed by atoms with E-state index in [2.05, 4.69) is 39.9 Å². The van der Waals surface area contributed by atoms with Crippen LogP contribution in [0.1, 0.15) is 42.2 Å². The van der Waals surface area contributed by atoms with Gasteiger partial charge in [-0.2, -0.15) is 0 Å². The quantitative estimate of drug-likeness (QED) is 0.451. The van der Waals surface area contributed by atoms with Crippen LogP contribution in [0.25, 0.3) is 10.9 Å². The maximum atomic E-state index is 12.5. The Hall–Kier alpha value is -2.34. The van der Waals surface area contributed by atoms with Gasteiger partial charge < -0.3 is 15.0 Å². The second kappa shape index (κ2) is 10.5. The fraction of sp³-hybridized carbons (Fsp3) is 0.423. The number of fused-ring (bicyclic) bond motifs is 1. The van der Waals surface area contributed by atoms with E-state index in [9.17, 15) is 9.90 Å². The normalized spacial score (nSPS) is 15.9. The smallest absolute Gasteiger partial charge is 0.179 e. The number of aromatic nitrogens is 1. The van der Waals surface area contributed by atoms with E-state index in [1.165, 1.54) is 5.56 Å². The van der Waals surface area contributed by atoms with Crippen molar-refractivity contribution in [2.75, 3.05) is 37.6 Å². The zero-order valence-corrected chi connectivity index (χ0v) is 19.4. The maximum absolute atomic E-state index is 12.5. The number of carbonyl (C=O) groups is 1. The highest BCUT2D eigenvalue weighted by atomic mass is 35.5. The van der Waals surface area contributed by atoms with E-state index in [1.807, 2.05) is 30.3 Å².